The van der Waals surface area contributed by atoms with Gasteiger partial charge >= 0.3 is 0 Å². The quantitative estimate of drug-likeness (QED) is 0.900. The molecule has 4 heteroatoms. The second kappa shape index (κ2) is 5.35. The molecule has 0 radical (unpaired) electrons. The largest absolute Gasteiger partial charge is 0.322 e. The number of benzene rings is 1. The van der Waals surface area contributed by atoms with E-state index >= 15 is 0 Å². The highest BCUT2D eigenvalue weighted by atomic mass is 16.2. The average molecular weight is 283 g/mol. The zero-order valence-corrected chi connectivity index (χ0v) is 12.8. The Morgan fingerprint density at radius 1 is 1.38 bits per heavy atom. The van der Waals surface area contributed by atoms with Gasteiger partial charge in [-0.05, 0) is 38.7 Å². The Morgan fingerprint density at radius 3 is 2.76 bits per heavy atom. The number of nitrogens with zero attached hydrogens (tertiary/aromatic N) is 1. The van der Waals surface area contributed by atoms with Crippen LogP contribution in [0.5, 0.6) is 0 Å². The summed E-state index contributed by atoms with van der Waals surface area (Å²) in [6, 6.07) is 6.30. The summed E-state index contributed by atoms with van der Waals surface area (Å²) in [5, 5.41) is 10.6. The molecular weight excluding hydrogens is 262 g/mol. The number of H-pyrrole nitrogens is 1. The predicted octanol–water partition coefficient (Wildman–Crippen LogP) is 3.60. The molecule has 2 aromatic rings. The number of carbonyl (C=O) groups excluding carboxylic acids is 1. The van der Waals surface area contributed by atoms with Crippen LogP contribution >= 0.6 is 0 Å². The highest BCUT2D eigenvalue weighted by Gasteiger charge is 2.31. The lowest BCUT2D eigenvalue weighted by molar-refractivity contribution is -0.117. The summed E-state index contributed by atoms with van der Waals surface area (Å²) < 4.78 is 0. The summed E-state index contributed by atoms with van der Waals surface area (Å²) in [5.41, 5.74) is 6.15. The minimum Gasteiger partial charge on any atom is -0.322 e. The van der Waals surface area contributed by atoms with E-state index in [2.05, 4.69) is 54.5 Å². The number of carbonyl (C=O) groups is 1. The molecule has 1 heterocycles. The third kappa shape index (κ3) is 2.71. The molecule has 1 amide bonds. The number of hydrogen-bond acceptors (Lipinski definition) is 2. The minimum atomic E-state index is 0.122. The molecule has 1 aromatic heterocycles. The first kappa shape index (κ1) is 13.9. The van der Waals surface area contributed by atoms with Gasteiger partial charge in [-0.2, -0.15) is 5.10 Å². The van der Waals surface area contributed by atoms with Crippen molar-refractivity contribution in [3.8, 4) is 11.3 Å². The Hall–Kier alpha value is -2.10. The number of anilines is 1. The maximum absolute atomic E-state index is 12.1. The molecule has 110 valence electrons. The first-order valence-corrected chi connectivity index (χ1v) is 7.56. The number of aryl methyl sites for hydroxylation is 3. The van der Waals surface area contributed by atoms with Gasteiger partial charge < -0.3 is 5.32 Å². The molecule has 2 N–H and O–H groups in total. The Labute approximate surface area is 125 Å². The average Bonchev–Trinajstić information content (AvgIpc) is 3.22. The maximum atomic E-state index is 12.1. The van der Waals surface area contributed by atoms with E-state index < -0.39 is 0 Å². The van der Waals surface area contributed by atoms with Crippen LogP contribution in [0.25, 0.3) is 11.3 Å². The lowest BCUT2D eigenvalue weighted by atomic mass is 10.0. The second-order valence-corrected chi connectivity index (χ2v) is 5.86. The van der Waals surface area contributed by atoms with E-state index in [-0.39, 0.29) is 11.8 Å². The molecule has 1 aliphatic rings. The van der Waals surface area contributed by atoms with Gasteiger partial charge in [0.2, 0.25) is 5.91 Å². The molecule has 1 aliphatic carbocycles. The van der Waals surface area contributed by atoms with Gasteiger partial charge in [0.15, 0.2) is 0 Å². The van der Waals surface area contributed by atoms with Crippen molar-refractivity contribution in [1.29, 1.82) is 0 Å². The minimum absolute atomic E-state index is 0.122. The molecule has 0 atom stereocenters. The molecule has 1 saturated carbocycles. The number of amides is 1. The number of nitrogens with one attached hydrogen (secondary N) is 2. The highest BCUT2D eigenvalue weighted by Crippen LogP contribution is 2.35. The molecule has 3 rings (SSSR count). The number of hydrogen-bond donors (Lipinski definition) is 2. The molecule has 0 aliphatic heterocycles. The topological polar surface area (TPSA) is 57.8 Å². The van der Waals surface area contributed by atoms with Crippen LogP contribution in [0.2, 0.25) is 0 Å². The Kier molecular flexibility index (Phi) is 3.53. The van der Waals surface area contributed by atoms with Crippen molar-refractivity contribution >= 4 is 11.6 Å². The van der Waals surface area contributed by atoms with E-state index in [0.717, 1.165) is 41.9 Å². The molecule has 0 bridgehead atoms. The number of aromatic amines is 1. The predicted molar refractivity (Wildman–Crippen MR) is 84.2 cm³/mol. The van der Waals surface area contributed by atoms with Gasteiger partial charge in [0, 0.05) is 11.5 Å². The van der Waals surface area contributed by atoms with Gasteiger partial charge in [0.1, 0.15) is 5.69 Å². The Balaban J connectivity index is 2.01. The van der Waals surface area contributed by atoms with E-state index in [1.165, 1.54) is 11.1 Å². The smallest absolute Gasteiger partial charge is 0.227 e. The van der Waals surface area contributed by atoms with Crippen LogP contribution in [0.3, 0.4) is 0 Å². The summed E-state index contributed by atoms with van der Waals surface area (Å²) in [7, 11) is 0. The molecule has 1 fully saturated rings. The van der Waals surface area contributed by atoms with Gasteiger partial charge in [-0.25, -0.2) is 0 Å². The number of rotatable bonds is 4. The maximum Gasteiger partial charge on any atom is 0.227 e. The first-order valence-electron chi connectivity index (χ1n) is 7.56. The van der Waals surface area contributed by atoms with Crippen molar-refractivity contribution in [3.63, 3.8) is 0 Å². The van der Waals surface area contributed by atoms with Crippen LogP contribution in [0.1, 0.15) is 36.6 Å². The first-order chi connectivity index (χ1) is 10.1. The van der Waals surface area contributed by atoms with Crippen LogP contribution in [0.4, 0.5) is 5.69 Å². The zero-order valence-electron chi connectivity index (χ0n) is 12.8. The standard InChI is InChI=1S/C17H21N3O/c1-4-14-16(18-17(21)12-6-7-12)15(20-19-14)13-8-5-10(2)9-11(13)3/h5,8-9,12H,4,6-7H2,1-3H3,(H,18,21)(H,19,20). The fourth-order valence-corrected chi connectivity index (χ4v) is 2.61. The van der Waals surface area contributed by atoms with Crippen molar-refractivity contribution in [1.82, 2.24) is 10.2 Å². The van der Waals surface area contributed by atoms with Crippen LogP contribution in [-0.4, -0.2) is 16.1 Å². The molecule has 0 saturated heterocycles. The lowest BCUT2D eigenvalue weighted by Crippen LogP contribution is -2.14. The van der Waals surface area contributed by atoms with E-state index in [1.54, 1.807) is 0 Å². The molecule has 1 aromatic carbocycles. The van der Waals surface area contributed by atoms with Gasteiger partial charge in [0.25, 0.3) is 0 Å². The normalized spacial score (nSPS) is 14.2. The van der Waals surface area contributed by atoms with E-state index in [0.29, 0.717) is 0 Å². The molecule has 0 unspecified atom stereocenters. The summed E-state index contributed by atoms with van der Waals surface area (Å²) in [6.45, 7) is 6.22. The SMILES string of the molecule is CCc1[nH]nc(-c2ccc(C)cc2C)c1NC(=O)C1CC1. The van der Waals surface area contributed by atoms with Gasteiger partial charge in [-0.15, -0.1) is 0 Å². The van der Waals surface area contributed by atoms with Crippen molar-refractivity contribution in [2.24, 2.45) is 5.92 Å². The number of aromatic nitrogens is 2. The molecule has 0 spiro atoms. The summed E-state index contributed by atoms with van der Waals surface area (Å²) in [5.74, 6) is 0.314. The fourth-order valence-electron chi connectivity index (χ4n) is 2.61. The third-order valence-corrected chi connectivity index (χ3v) is 4.03. The fraction of sp³-hybridized carbons (Fsp3) is 0.412. The van der Waals surface area contributed by atoms with E-state index in [1.807, 2.05) is 0 Å². The Bertz CT molecular complexity index is 683. The van der Waals surface area contributed by atoms with Crippen LogP contribution in [0.15, 0.2) is 18.2 Å². The van der Waals surface area contributed by atoms with Crippen LogP contribution in [-0.2, 0) is 11.2 Å². The van der Waals surface area contributed by atoms with Gasteiger partial charge in [-0.3, -0.25) is 9.89 Å². The van der Waals surface area contributed by atoms with Crippen LogP contribution < -0.4 is 5.32 Å². The monoisotopic (exact) mass is 283 g/mol. The summed E-state index contributed by atoms with van der Waals surface area (Å²) in [6.07, 6.45) is 2.83. The third-order valence-electron chi connectivity index (χ3n) is 4.03. The van der Waals surface area contributed by atoms with Crippen molar-refractivity contribution in [2.75, 3.05) is 5.32 Å². The Morgan fingerprint density at radius 2 is 2.14 bits per heavy atom. The molecule has 4 nitrogen and oxygen atoms in total. The van der Waals surface area contributed by atoms with Gasteiger partial charge in [0.05, 0.1) is 11.4 Å². The van der Waals surface area contributed by atoms with Crippen molar-refractivity contribution in [3.05, 3.63) is 35.0 Å². The lowest BCUT2D eigenvalue weighted by Gasteiger charge is -2.09. The highest BCUT2D eigenvalue weighted by molar-refractivity contribution is 5.98. The zero-order chi connectivity index (χ0) is 15.0. The molecule has 21 heavy (non-hydrogen) atoms. The summed E-state index contributed by atoms with van der Waals surface area (Å²) in [4.78, 5) is 12.1. The van der Waals surface area contributed by atoms with Crippen LogP contribution in [0, 0.1) is 19.8 Å². The van der Waals surface area contributed by atoms with E-state index in [4.69, 9.17) is 0 Å². The second-order valence-electron chi connectivity index (χ2n) is 5.86. The molecular formula is C17H21N3O. The van der Waals surface area contributed by atoms with Gasteiger partial charge in [-0.1, -0.05) is 30.7 Å². The van der Waals surface area contributed by atoms with Crippen molar-refractivity contribution < 1.29 is 4.79 Å². The van der Waals surface area contributed by atoms with Crippen molar-refractivity contribution in [2.45, 2.75) is 40.0 Å². The summed E-state index contributed by atoms with van der Waals surface area (Å²) >= 11 is 0. The van der Waals surface area contributed by atoms with E-state index in [9.17, 15) is 4.79 Å².